The zero-order chi connectivity index (χ0) is 11.3. The van der Waals surface area contributed by atoms with Crippen molar-refractivity contribution < 1.29 is 9.53 Å². The van der Waals surface area contributed by atoms with Crippen LogP contribution in [0.15, 0.2) is 18.3 Å². The van der Waals surface area contributed by atoms with Gasteiger partial charge in [0.25, 0.3) is 0 Å². The molecule has 4 heteroatoms. The second kappa shape index (κ2) is 5.44. The van der Waals surface area contributed by atoms with Crippen LogP contribution in [0.1, 0.15) is 19.8 Å². The van der Waals surface area contributed by atoms with E-state index in [-0.39, 0.29) is 6.09 Å². The number of ether oxygens (including phenoxy) is 1. The monoisotopic (exact) mass is 210 g/mol. The molecule has 15 heavy (non-hydrogen) atoms. The van der Waals surface area contributed by atoms with E-state index < -0.39 is 0 Å². The minimum Gasteiger partial charge on any atom is -0.393 e. The molecule has 0 fully saturated rings. The average molecular weight is 210 g/mol. The summed E-state index contributed by atoms with van der Waals surface area (Å²) in [7, 11) is 3.59. The number of hydrogen-bond donors (Lipinski definition) is 0. The zero-order valence-corrected chi connectivity index (χ0v) is 9.56. The highest BCUT2D eigenvalue weighted by atomic mass is 16.6. The topological polar surface area (TPSA) is 34.5 Å². The lowest BCUT2D eigenvalue weighted by Crippen LogP contribution is -2.30. The predicted octanol–water partition coefficient (Wildman–Crippen LogP) is 2.26. The number of nitrogens with zero attached hydrogens (tertiary/aromatic N) is 2. The molecule has 0 aliphatic heterocycles. The SMILES string of the molecule is CCCCN(C)C(=O)Oc1cccn1C. The van der Waals surface area contributed by atoms with E-state index in [1.54, 1.807) is 22.6 Å². The molecule has 0 radical (unpaired) electrons. The maximum atomic E-state index is 11.6. The Morgan fingerprint density at radius 1 is 1.60 bits per heavy atom. The molecule has 0 unspecified atom stereocenters. The van der Waals surface area contributed by atoms with Crippen LogP contribution in [0.3, 0.4) is 0 Å². The Hall–Kier alpha value is -1.45. The lowest BCUT2D eigenvalue weighted by Gasteiger charge is -2.16. The van der Waals surface area contributed by atoms with Crippen molar-refractivity contribution in [3.63, 3.8) is 0 Å². The normalized spacial score (nSPS) is 10.1. The van der Waals surface area contributed by atoms with Crippen LogP contribution in [-0.2, 0) is 7.05 Å². The molecule has 84 valence electrons. The smallest absolute Gasteiger partial charge is 0.393 e. The molecule has 0 atom stereocenters. The highest BCUT2D eigenvalue weighted by Crippen LogP contribution is 2.10. The molecule has 1 aromatic rings. The molecule has 1 rings (SSSR count). The summed E-state index contributed by atoms with van der Waals surface area (Å²) in [5.74, 6) is 0.573. The third-order valence-electron chi connectivity index (χ3n) is 2.25. The Morgan fingerprint density at radius 3 is 2.87 bits per heavy atom. The molecular weight excluding hydrogens is 192 g/mol. The Balaban J connectivity index is 2.45. The van der Waals surface area contributed by atoms with Crippen LogP contribution in [0.5, 0.6) is 5.88 Å². The van der Waals surface area contributed by atoms with Gasteiger partial charge in [-0.3, -0.25) is 0 Å². The van der Waals surface area contributed by atoms with Crippen molar-refractivity contribution in [2.24, 2.45) is 7.05 Å². The molecule has 1 heterocycles. The van der Waals surface area contributed by atoms with Gasteiger partial charge in [-0.15, -0.1) is 0 Å². The second-order valence-electron chi connectivity index (χ2n) is 3.60. The number of carbonyl (C=O) groups is 1. The molecule has 0 aliphatic rings. The standard InChI is InChI=1S/C11H18N2O2/c1-4-5-8-13(3)11(14)15-10-7-6-9-12(10)2/h6-7,9H,4-5,8H2,1-3H3. The molecule has 0 bridgehead atoms. The summed E-state index contributed by atoms with van der Waals surface area (Å²) in [6.07, 6.45) is 3.61. The summed E-state index contributed by atoms with van der Waals surface area (Å²) >= 11 is 0. The van der Waals surface area contributed by atoms with Gasteiger partial charge in [0.05, 0.1) is 0 Å². The largest absolute Gasteiger partial charge is 0.416 e. The highest BCUT2D eigenvalue weighted by Gasteiger charge is 2.11. The van der Waals surface area contributed by atoms with Gasteiger partial charge in [-0.05, 0) is 12.5 Å². The molecule has 4 nitrogen and oxygen atoms in total. The van der Waals surface area contributed by atoms with E-state index in [2.05, 4.69) is 6.92 Å². The van der Waals surface area contributed by atoms with E-state index in [0.717, 1.165) is 19.4 Å². The second-order valence-corrected chi connectivity index (χ2v) is 3.60. The molecule has 0 aliphatic carbocycles. The molecule has 0 N–H and O–H groups in total. The summed E-state index contributed by atoms with van der Waals surface area (Å²) in [4.78, 5) is 13.2. The van der Waals surface area contributed by atoms with Gasteiger partial charge in [0.15, 0.2) is 0 Å². The first-order valence-electron chi connectivity index (χ1n) is 5.19. The molecular formula is C11H18N2O2. The number of aromatic nitrogens is 1. The van der Waals surface area contributed by atoms with Crippen LogP contribution < -0.4 is 4.74 Å². The number of aryl methyl sites for hydroxylation is 1. The van der Waals surface area contributed by atoms with Gasteiger partial charge in [0.2, 0.25) is 5.88 Å². The van der Waals surface area contributed by atoms with Crippen molar-refractivity contribution in [3.05, 3.63) is 18.3 Å². The van der Waals surface area contributed by atoms with Crippen molar-refractivity contribution in [2.45, 2.75) is 19.8 Å². The fraction of sp³-hybridized carbons (Fsp3) is 0.545. The third kappa shape index (κ3) is 3.31. The Kier molecular flexibility index (Phi) is 4.21. The molecule has 0 spiro atoms. The Labute approximate surface area is 90.4 Å². The number of rotatable bonds is 4. The van der Waals surface area contributed by atoms with Gasteiger partial charge in [0.1, 0.15) is 0 Å². The fourth-order valence-corrected chi connectivity index (χ4v) is 1.21. The number of hydrogen-bond acceptors (Lipinski definition) is 2. The summed E-state index contributed by atoms with van der Waals surface area (Å²) in [6.45, 7) is 2.83. The molecule has 0 saturated heterocycles. The average Bonchev–Trinajstić information content (AvgIpc) is 2.61. The van der Waals surface area contributed by atoms with E-state index in [0.29, 0.717) is 5.88 Å². The summed E-state index contributed by atoms with van der Waals surface area (Å²) in [5, 5.41) is 0. The Bertz CT molecular complexity index is 320. The first kappa shape index (κ1) is 11.6. The quantitative estimate of drug-likeness (QED) is 0.764. The van der Waals surface area contributed by atoms with Crippen LogP contribution >= 0.6 is 0 Å². The maximum Gasteiger partial charge on any atom is 0.416 e. The number of amides is 1. The van der Waals surface area contributed by atoms with Gasteiger partial charge in [-0.25, -0.2) is 4.79 Å². The van der Waals surface area contributed by atoms with Crippen molar-refractivity contribution in [1.82, 2.24) is 9.47 Å². The van der Waals surface area contributed by atoms with E-state index in [1.165, 1.54) is 0 Å². The fourth-order valence-electron chi connectivity index (χ4n) is 1.21. The summed E-state index contributed by atoms with van der Waals surface area (Å²) in [6, 6.07) is 3.61. The van der Waals surface area contributed by atoms with Gasteiger partial charge < -0.3 is 14.2 Å². The van der Waals surface area contributed by atoms with Crippen molar-refractivity contribution in [3.8, 4) is 5.88 Å². The zero-order valence-electron chi connectivity index (χ0n) is 9.56. The van der Waals surface area contributed by atoms with Crippen LogP contribution in [-0.4, -0.2) is 29.2 Å². The first-order valence-corrected chi connectivity index (χ1v) is 5.19. The molecule has 0 aromatic carbocycles. The Morgan fingerprint density at radius 2 is 2.33 bits per heavy atom. The minimum absolute atomic E-state index is 0.301. The highest BCUT2D eigenvalue weighted by molar-refractivity contribution is 5.69. The van der Waals surface area contributed by atoms with Gasteiger partial charge >= 0.3 is 6.09 Å². The van der Waals surface area contributed by atoms with Gasteiger partial charge in [-0.1, -0.05) is 13.3 Å². The molecule has 0 saturated carbocycles. The van der Waals surface area contributed by atoms with Gasteiger partial charge in [-0.2, -0.15) is 0 Å². The summed E-state index contributed by atoms with van der Waals surface area (Å²) < 4.78 is 6.96. The third-order valence-corrected chi connectivity index (χ3v) is 2.25. The van der Waals surface area contributed by atoms with Crippen LogP contribution in [0.4, 0.5) is 4.79 Å². The van der Waals surface area contributed by atoms with Crippen molar-refractivity contribution >= 4 is 6.09 Å². The van der Waals surface area contributed by atoms with E-state index in [9.17, 15) is 4.79 Å². The molecule has 1 aromatic heterocycles. The molecule has 1 amide bonds. The maximum absolute atomic E-state index is 11.6. The minimum atomic E-state index is -0.301. The number of carbonyl (C=O) groups excluding carboxylic acids is 1. The van der Waals surface area contributed by atoms with Crippen molar-refractivity contribution in [1.29, 1.82) is 0 Å². The number of unbranched alkanes of at least 4 members (excludes halogenated alkanes) is 1. The van der Waals surface area contributed by atoms with Crippen molar-refractivity contribution in [2.75, 3.05) is 13.6 Å². The van der Waals surface area contributed by atoms with E-state index in [4.69, 9.17) is 4.74 Å². The van der Waals surface area contributed by atoms with Crippen LogP contribution in [0.25, 0.3) is 0 Å². The predicted molar refractivity (Wildman–Crippen MR) is 59.0 cm³/mol. The lowest BCUT2D eigenvalue weighted by molar-refractivity contribution is 0.159. The van der Waals surface area contributed by atoms with Crippen LogP contribution in [0, 0.1) is 0 Å². The lowest BCUT2D eigenvalue weighted by atomic mass is 10.3. The first-order chi connectivity index (χ1) is 7.15. The van der Waals surface area contributed by atoms with Crippen LogP contribution in [0.2, 0.25) is 0 Å². The van der Waals surface area contributed by atoms with E-state index >= 15 is 0 Å². The van der Waals surface area contributed by atoms with Gasteiger partial charge in [0, 0.05) is 32.9 Å². The van der Waals surface area contributed by atoms with E-state index in [1.807, 2.05) is 19.3 Å². The summed E-state index contributed by atoms with van der Waals surface area (Å²) in [5.41, 5.74) is 0.